The van der Waals surface area contributed by atoms with Crippen molar-refractivity contribution in [3.8, 4) is 0 Å². The summed E-state index contributed by atoms with van der Waals surface area (Å²) in [4.78, 5) is 17.1. The minimum Gasteiger partial charge on any atom is -0.378 e. The second-order valence-electron chi connectivity index (χ2n) is 4.36. The normalized spacial score (nSPS) is 15.9. The summed E-state index contributed by atoms with van der Waals surface area (Å²) < 4.78 is 6.91. The standard InChI is InChI=1S/C13H14ClN3O2/c14-9-12-15-11-4-2-1-3-10(11)13(18)17(12)16-5-7-19-8-6-16/h1-4H,5-9H2. The Labute approximate surface area is 115 Å². The Morgan fingerprint density at radius 1 is 1.26 bits per heavy atom. The average Bonchev–Trinajstić information content (AvgIpc) is 2.48. The molecular weight excluding hydrogens is 266 g/mol. The number of hydrogen-bond donors (Lipinski definition) is 0. The van der Waals surface area contributed by atoms with Crippen molar-refractivity contribution in [1.29, 1.82) is 0 Å². The van der Waals surface area contributed by atoms with Gasteiger partial charge in [0.15, 0.2) is 0 Å². The number of fused-ring (bicyclic) bond motifs is 1. The number of alkyl halides is 1. The van der Waals surface area contributed by atoms with E-state index in [1.165, 1.54) is 0 Å². The van der Waals surface area contributed by atoms with E-state index in [1.54, 1.807) is 10.7 Å². The topological polar surface area (TPSA) is 47.4 Å². The molecule has 1 aliphatic rings. The smallest absolute Gasteiger partial charge is 0.280 e. The Balaban J connectivity index is 2.21. The van der Waals surface area contributed by atoms with Crippen molar-refractivity contribution in [2.75, 3.05) is 31.3 Å². The van der Waals surface area contributed by atoms with E-state index in [0.717, 1.165) is 0 Å². The first-order valence-electron chi connectivity index (χ1n) is 6.21. The van der Waals surface area contributed by atoms with Crippen LogP contribution in [0.3, 0.4) is 0 Å². The first-order valence-corrected chi connectivity index (χ1v) is 6.74. The molecule has 1 aliphatic heterocycles. The van der Waals surface area contributed by atoms with Crippen LogP contribution < -0.4 is 10.6 Å². The maximum atomic E-state index is 12.6. The number of hydrogen-bond acceptors (Lipinski definition) is 4. The lowest BCUT2D eigenvalue weighted by molar-refractivity contribution is 0.110. The molecule has 1 saturated heterocycles. The van der Waals surface area contributed by atoms with E-state index in [-0.39, 0.29) is 11.4 Å². The third-order valence-electron chi connectivity index (χ3n) is 3.21. The Morgan fingerprint density at radius 2 is 2.00 bits per heavy atom. The number of aromatic nitrogens is 2. The van der Waals surface area contributed by atoms with Crippen LogP contribution in [-0.4, -0.2) is 36.0 Å². The molecule has 0 radical (unpaired) electrons. The maximum absolute atomic E-state index is 12.6. The van der Waals surface area contributed by atoms with Crippen LogP contribution in [0.1, 0.15) is 5.82 Å². The zero-order chi connectivity index (χ0) is 13.2. The summed E-state index contributed by atoms with van der Waals surface area (Å²) >= 11 is 5.94. The van der Waals surface area contributed by atoms with Gasteiger partial charge in [0.25, 0.3) is 5.56 Å². The molecule has 0 aliphatic carbocycles. The fourth-order valence-corrected chi connectivity index (χ4v) is 2.47. The van der Waals surface area contributed by atoms with Crippen molar-refractivity contribution in [2.24, 2.45) is 0 Å². The number of morpholine rings is 1. The molecule has 0 amide bonds. The van der Waals surface area contributed by atoms with Crippen molar-refractivity contribution >= 4 is 22.5 Å². The Morgan fingerprint density at radius 3 is 2.74 bits per heavy atom. The van der Waals surface area contributed by atoms with Crippen LogP contribution in [0.2, 0.25) is 0 Å². The molecule has 1 aromatic carbocycles. The van der Waals surface area contributed by atoms with E-state index >= 15 is 0 Å². The van der Waals surface area contributed by atoms with Gasteiger partial charge >= 0.3 is 0 Å². The predicted molar refractivity (Wildman–Crippen MR) is 74.3 cm³/mol. The van der Waals surface area contributed by atoms with Crippen LogP contribution in [-0.2, 0) is 10.6 Å². The molecule has 1 aromatic heterocycles. The monoisotopic (exact) mass is 279 g/mol. The Bertz CT molecular complexity index is 650. The van der Waals surface area contributed by atoms with Crippen LogP contribution >= 0.6 is 11.6 Å². The van der Waals surface area contributed by atoms with Gasteiger partial charge in [-0.05, 0) is 12.1 Å². The zero-order valence-electron chi connectivity index (χ0n) is 10.4. The van der Waals surface area contributed by atoms with Crippen molar-refractivity contribution in [1.82, 2.24) is 9.66 Å². The van der Waals surface area contributed by atoms with Crippen LogP contribution in [0.5, 0.6) is 0 Å². The highest BCUT2D eigenvalue weighted by Gasteiger charge is 2.18. The van der Waals surface area contributed by atoms with E-state index in [4.69, 9.17) is 16.3 Å². The number of ether oxygens (including phenoxy) is 1. The highest BCUT2D eigenvalue weighted by Crippen LogP contribution is 2.10. The summed E-state index contributed by atoms with van der Waals surface area (Å²) in [5, 5.41) is 2.56. The minimum atomic E-state index is -0.0665. The van der Waals surface area contributed by atoms with Gasteiger partial charge in [-0.25, -0.2) is 9.66 Å². The Hall–Kier alpha value is -1.59. The van der Waals surface area contributed by atoms with Crippen LogP contribution in [0, 0.1) is 0 Å². The molecule has 2 heterocycles. The van der Waals surface area contributed by atoms with Crippen LogP contribution in [0.15, 0.2) is 29.1 Å². The highest BCUT2D eigenvalue weighted by molar-refractivity contribution is 6.16. The summed E-state index contributed by atoms with van der Waals surface area (Å²) in [5.74, 6) is 0.782. The number of para-hydroxylation sites is 1. The number of halogens is 1. The lowest BCUT2D eigenvalue weighted by atomic mass is 10.2. The maximum Gasteiger partial charge on any atom is 0.280 e. The van der Waals surface area contributed by atoms with Gasteiger partial charge in [-0.2, -0.15) is 0 Å². The van der Waals surface area contributed by atoms with E-state index in [0.29, 0.717) is 43.0 Å². The highest BCUT2D eigenvalue weighted by atomic mass is 35.5. The van der Waals surface area contributed by atoms with E-state index < -0.39 is 0 Å². The molecule has 0 unspecified atom stereocenters. The van der Waals surface area contributed by atoms with Gasteiger partial charge in [0.05, 0.1) is 43.1 Å². The predicted octanol–water partition coefficient (Wildman–Crippen LogP) is 1.10. The van der Waals surface area contributed by atoms with Crippen LogP contribution in [0.4, 0.5) is 0 Å². The van der Waals surface area contributed by atoms with Crippen molar-refractivity contribution in [3.05, 3.63) is 40.4 Å². The molecular formula is C13H14ClN3O2. The molecule has 0 spiro atoms. The second-order valence-corrected chi connectivity index (χ2v) is 4.63. The minimum absolute atomic E-state index is 0.0665. The van der Waals surface area contributed by atoms with Gasteiger partial charge in [-0.3, -0.25) is 4.79 Å². The SMILES string of the molecule is O=c1c2ccccc2nc(CCl)n1N1CCOCC1. The molecule has 0 atom stereocenters. The molecule has 19 heavy (non-hydrogen) atoms. The lowest BCUT2D eigenvalue weighted by Crippen LogP contribution is -2.50. The molecule has 2 aromatic rings. The molecule has 0 N–H and O–H groups in total. The van der Waals surface area contributed by atoms with Gasteiger partial charge in [-0.1, -0.05) is 12.1 Å². The van der Waals surface area contributed by atoms with E-state index in [9.17, 15) is 4.79 Å². The summed E-state index contributed by atoms with van der Waals surface area (Å²) in [7, 11) is 0. The molecule has 1 fully saturated rings. The van der Waals surface area contributed by atoms with Gasteiger partial charge < -0.3 is 9.75 Å². The quantitative estimate of drug-likeness (QED) is 0.773. The summed E-state index contributed by atoms with van der Waals surface area (Å²) in [5.41, 5.74) is 0.621. The van der Waals surface area contributed by atoms with Crippen LogP contribution in [0.25, 0.3) is 10.9 Å². The second kappa shape index (κ2) is 5.19. The first kappa shape index (κ1) is 12.4. The third-order valence-corrected chi connectivity index (χ3v) is 3.45. The average molecular weight is 280 g/mol. The summed E-state index contributed by atoms with van der Waals surface area (Å²) in [6, 6.07) is 7.33. The van der Waals surface area contributed by atoms with E-state index in [2.05, 4.69) is 4.98 Å². The van der Waals surface area contributed by atoms with Gasteiger partial charge in [0.2, 0.25) is 0 Å². The van der Waals surface area contributed by atoms with Gasteiger partial charge in [0, 0.05) is 0 Å². The van der Waals surface area contributed by atoms with Crippen molar-refractivity contribution in [2.45, 2.75) is 5.88 Å². The summed E-state index contributed by atoms with van der Waals surface area (Å²) in [6.45, 7) is 2.57. The van der Waals surface area contributed by atoms with E-state index in [1.807, 2.05) is 23.2 Å². The van der Waals surface area contributed by atoms with Crippen molar-refractivity contribution in [3.63, 3.8) is 0 Å². The molecule has 0 bridgehead atoms. The zero-order valence-corrected chi connectivity index (χ0v) is 11.1. The fourth-order valence-electron chi connectivity index (χ4n) is 2.30. The first-order chi connectivity index (χ1) is 9.31. The molecule has 0 saturated carbocycles. The van der Waals surface area contributed by atoms with Gasteiger partial charge in [-0.15, -0.1) is 11.6 Å². The number of rotatable bonds is 2. The Kier molecular flexibility index (Phi) is 3.40. The van der Waals surface area contributed by atoms with Crippen molar-refractivity contribution < 1.29 is 4.74 Å². The van der Waals surface area contributed by atoms with Gasteiger partial charge in [0.1, 0.15) is 5.82 Å². The molecule has 6 heteroatoms. The third kappa shape index (κ3) is 2.19. The summed E-state index contributed by atoms with van der Waals surface area (Å²) in [6.07, 6.45) is 0. The lowest BCUT2D eigenvalue weighted by Gasteiger charge is -2.31. The molecule has 3 rings (SSSR count). The fraction of sp³-hybridized carbons (Fsp3) is 0.385. The molecule has 100 valence electrons. The number of nitrogens with zero attached hydrogens (tertiary/aromatic N) is 3. The molecule has 5 nitrogen and oxygen atoms in total. The largest absolute Gasteiger partial charge is 0.378 e. The number of benzene rings is 1.